The minimum atomic E-state index is 0.433. The summed E-state index contributed by atoms with van der Waals surface area (Å²) in [6.07, 6.45) is 5.47. The van der Waals surface area contributed by atoms with Crippen molar-refractivity contribution in [3.63, 3.8) is 0 Å². The molecule has 0 bridgehead atoms. The van der Waals surface area contributed by atoms with Crippen LogP contribution >= 0.6 is 22.9 Å². The molecule has 1 aliphatic carbocycles. The molecule has 1 saturated carbocycles. The van der Waals surface area contributed by atoms with Crippen LogP contribution < -0.4 is 5.32 Å². The van der Waals surface area contributed by atoms with Crippen molar-refractivity contribution in [3.8, 4) is 0 Å². The Balaban J connectivity index is 1.93. The second-order valence-corrected chi connectivity index (χ2v) is 6.65. The van der Waals surface area contributed by atoms with Crippen molar-refractivity contribution in [2.75, 3.05) is 0 Å². The predicted octanol–water partition coefficient (Wildman–Crippen LogP) is 4.63. The molecule has 1 heterocycles. The maximum atomic E-state index is 5.97. The first-order valence-corrected chi connectivity index (χ1v) is 7.37. The fourth-order valence-corrected chi connectivity index (χ4v) is 3.60. The highest BCUT2D eigenvalue weighted by atomic mass is 35.5. The van der Waals surface area contributed by atoms with E-state index in [9.17, 15) is 0 Å². The molecule has 0 radical (unpaired) electrons. The van der Waals surface area contributed by atoms with E-state index in [1.165, 1.54) is 30.6 Å². The molecule has 1 aromatic heterocycles. The zero-order valence-electron chi connectivity index (χ0n) is 10.0. The average Bonchev–Trinajstić information content (AvgIpc) is 2.68. The van der Waals surface area contributed by atoms with Gasteiger partial charge in [-0.05, 0) is 37.8 Å². The minimum Gasteiger partial charge on any atom is -0.306 e. The number of nitrogens with one attached hydrogen (secondary N) is 1. The molecule has 90 valence electrons. The summed E-state index contributed by atoms with van der Waals surface area (Å²) < 4.78 is 0.889. The van der Waals surface area contributed by atoms with Gasteiger partial charge in [-0.3, -0.25) is 0 Å². The van der Waals surface area contributed by atoms with Crippen molar-refractivity contribution in [2.24, 2.45) is 5.92 Å². The van der Waals surface area contributed by atoms with Crippen molar-refractivity contribution in [3.05, 3.63) is 21.3 Å². The van der Waals surface area contributed by atoms with E-state index in [-0.39, 0.29) is 0 Å². The fraction of sp³-hybridized carbons (Fsp3) is 0.692. The Hall–Kier alpha value is -0.0500. The van der Waals surface area contributed by atoms with Gasteiger partial charge in [-0.15, -0.1) is 11.3 Å². The van der Waals surface area contributed by atoms with Gasteiger partial charge in [0.25, 0.3) is 0 Å². The van der Waals surface area contributed by atoms with Gasteiger partial charge in [0.1, 0.15) is 0 Å². The summed E-state index contributed by atoms with van der Waals surface area (Å²) in [7, 11) is 0. The zero-order valence-corrected chi connectivity index (χ0v) is 11.6. The maximum absolute atomic E-state index is 5.97. The lowest BCUT2D eigenvalue weighted by molar-refractivity contribution is 0.264. The van der Waals surface area contributed by atoms with Gasteiger partial charge in [-0.25, -0.2) is 0 Å². The van der Waals surface area contributed by atoms with Crippen molar-refractivity contribution in [1.82, 2.24) is 5.32 Å². The molecule has 16 heavy (non-hydrogen) atoms. The Morgan fingerprint density at radius 2 is 2.12 bits per heavy atom. The molecular weight excluding hydrogens is 238 g/mol. The second-order valence-electron chi connectivity index (χ2n) is 4.90. The molecule has 0 spiro atoms. The van der Waals surface area contributed by atoms with Crippen LogP contribution in [-0.4, -0.2) is 6.04 Å². The van der Waals surface area contributed by atoms with Crippen LogP contribution in [0.1, 0.15) is 50.4 Å². The minimum absolute atomic E-state index is 0.433. The fourth-order valence-electron chi connectivity index (χ4n) is 2.53. The van der Waals surface area contributed by atoms with Gasteiger partial charge >= 0.3 is 0 Å². The van der Waals surface area contributed by atoms with Crippen LogP contribution in [0.3, 0.4) is 0 Å². The molecule has 0 amide bonds. The number of hydrogen-bond donors (Lipinski definition) is 1. The van der Waals surface area contributed by atoms with E-state index >= 15 is 0 Å². The Kier molecular flexibility index (Phi) is 4.28. The third-order valence-corrected chi connectivity index (χ3v) is 5.01. The van der Waals surface area contributed by atoms with Crippen molar-refractivity contribution < 1.29 is 0 Å². The van der Waals surface area contributed by atoms with E-state index in [1.54, 1.807) is 11.3 Å². The van der Waals surface area contributed by atoms with Gasteiger partial charge in [-0.1, -0.05) is 31.4 Å². The molecule has 3 heteroatoms. The number of rotatable bonds is 3. The second kappa shape index (κ2) is 5.52. The molecule has 0 aliphatic heterocycles. The van der Waals surface area contributed by atoms with Crippen molar-refractivity contribution in [1.29, 1.82) is 0 Å². The maximum Gasteiger partial charge on any atom is 0.0931 e. The van der Waals surface area contributed by atoms with Gasteiger partial charge in [0.2, 0.25) is 0 Å². The van der Waals surface area contributed by atoms with E-state index in [4.69, 9.17) is 11.6 Å². The summed E-state index contributed by atoms with van der Waals surface area (Å²) in [5.41, 5.74) is 0. The van der Waals surface area contributed by atoms with Crippen LogP contribution in [0.5, 0.6) is 0 Å². The number of hydrogen-bond acceptors (Lipinski definition) is 2. The highest BCUT2D eigenvalue weighted by Crippen LogP contribution is 2.30. The summed E-state index contributed by atoms with van der Waals surface area (Å²) in [5.74, 6) is 0.812. The first kappa shape index (κ1) is 12.4. The van der Waals surface area contributed by atoms with E-state index < -0.39 is 0 Å². The molecule has 1 N–H and O–H groups in total. The van der Waals surface area contributed by atoms with Crippen molar-refractivity contribution >= 4 is 22.9 Å². The lowest BCUT2D eigenvalue weighted by atomic mass is 9.85. The quantitative estimate of drug-likeness (QED) is 0.833. The molecule has 3 unspecified atom stereocenters. The summed E-state index contributed by atoms with van der Waals surface area (Å²) >= 11 is 7.66. The molecule has 0 saturated heterocycles. The first-order chi connectivity index (χ1) is 7.66. The summed E-state index contributed by atoms with van der Waals surface area (Å²) in [6.45, 7) is 4.61. The van der Waals surface area contributed by atoms with Gasteiger partial charge in [0.05, 0.1) is 4.34 Å². The normalized spacial score (nSPS) is 27.9. The van der Waals surface area contributed by atoms with Gasteiger partial charge in [0, 0.05) is 17.0 Å². The van der Waals surface area contributed by atoms with E-state index in [2.05, 4.69) is 25.2 Å². The monoisotopic (exact) mass is 257 g/mol. The van der Waals surface area contributed by atoms with Gasteiger partial charge in [0.15, 0.2) is 0 Å². The van der Waals surface area contributed by atoms with Crippen LogP contribution in [0.15, 0.2) is 12.1 Å². The number of thiophene rings is 1. The van der Waals surface area contributed by atoms with E-state index in [1.807, 2.05) is 6.07 Å². The molecular formula is C13H20ClNS. The standard InChI is InChI=1S/C13H20ClNS/c1-9-5-3-4-6-11(9)15-10(2)12-7-8-13(14)16-12/h7-11,15H,3-6H2,1-2H3. The van der Waals surface area contributed by atoms with Crippen molar-refractivity contribution in [2.45, 2.75) is 51.6 Å². The molecule has 1 aliphatic rings. The molecule has 3 atom stereocenters. The zero-order chi connectivity index (χ0) is 11.5. The smallest absolute Gasteiger partial charge is 0.0931 e. The summed E-state index contributed by atoms with van der Waals surface area (Å²) in [4.78, 5) is 1.35. The Bertz CT molecular complexity index is 336. The largest absolute Gasteiger partial charge is 0.306 e. The molecule has 1 fully saturated rings. The van der Waals surface area contributed by atoms with Crippen LogP contribution in [0.25, 0.3) is 0 Å². The van der Waals surface area contributed by atoms with Crippen LogP contribution in [-0.2, 0) is 0 Å². The van der Waals surface area contributed by atoms with E-state index in [0.717, 1.165) is 10.3 Å². The van der Waals surface area contributed by atoms with Crippen LogP contribution in [0.2, 0.25) is 4.34 Å². The summed E-state index contributed by atoms with van der Waals surface area (Å²) in [6, 6.07) is 5.25. The van der Waals surface area contributed by atoms with E-state index in [0.29, 0.717) is 12.1 Å². The van der Waals surface area contributed by atoms with Gasteiger partial charge in [-0.2, -0.15) is 0 Å². The Labute approximate surface area is 107 Å². The Morgan fingerprint density at radius 3 is 2.75 bits per heavy atom. The summed E-state index contributed by atoms with van der Waals surface area (Å²) in [5, 5.41) is 3.75. The van der Waals surface area contributed by atoms with Crippen LogP contribution in [0.4, 0.5) is 0 Å². The molecule has 2 rings (SSSR count). The molecule has 1 nitrogen and oxygen atoms in total. The SMILES string of the molecule is CC(NC1CCCCC1C)c1ccc(Cl)s1. The third-order valence-electron chi connectivity index (χ3n) is 3.60. The average molecular weight is 258 g/mol. The highest BCUT2D eigenvalue weighted by molar-refractivity contribution is 7.16. The van der Waals surface area contributed by atoms with Crippen LogP contribution in [0, 0.1) is 5.92 Å². The van der Waals surface area contributed by atoms with Gasteiger partial charge < -0.3 is 5.32 Å². The lowest BCUT2D eigenvalue weighted by Gasteiger charge is -2.32. The predicted molar refractivity (Wildman–Crippen MR) is 72.3 cm³/mol. The topological polar surface area (TPSA) is 12.0 Å². The Morgan fingerprint density at radius 1 is 1.38 bits per heavy atom. The first-order valence-electron chi connectivity index (χ1n) is 6.18. The molecule has 0 aromatic carbocycles. The molecule has 1 aromatic rings. The number of halogens is 1. The lowest BCUT2D eigenvalue weighted by Crippen LogP contribution is -2.38. The third kappa shape index (κ3) is 2.99. The highest BCUT2D eigenvalue weighted by Gasteiger charge is 2.23.